The lowest BCUT2D eigenvalue weighted by molar-refractivity contribution is -0.125. The van der Waals surface area contributed by atoms with Crippen molar-refractivity contribution in [2.75, 3.05) is 25.4 Å². The molecule has 0 aliphatic carbocycles. The number of nitrogens with one attached hydrogen (secondary N) is 2. The Labute approximate surface area is 130 Å². The highest BCUT2D eigenvalue weighted by atomic mass is 16.2. The van der Waals surface area contributed by atoms with Gasteiger partial charge in [0.2, 0.25) is 5.91 Å². The van der Waals surface area contributed by atoms with Crippen LogP contribution in [0.3, 0.4) is 0 Å². The van der Waals surface area contributed by atoms with Gasteiger partial charge in [0, 0.05) is 19.0 Å². The Morgan fingerprint density at radius 3 is 2.73 bits per heavy atom. The molecule has 1 aliphatic heterocycles. The number of hydrogen-bond donors (Lipinski definition) is 3. The molecule has 1 aromatic rings. The minimum atomic E-state index is -0.272. The number of nitrogens with two attached hydrogens (primary N) is 1. The first-order chi connectivity index (χ1) is 10.6. The molecule has 22 heavy (non-hydrogen) atoms. The van der Waals surface area contributed by atoms with Crippen LogP contribution in [0.15, 0.2) is 10.9 Å². The summed E-state index contributed by atoms with van der Waals surface area (Å²) in [6, 6.07) is 1.12. The average Bonchev–Trinajstić information content (AvgIpc) is 2.74. The molecule has 1 unspecified atom stereocenters. The van der Waals surface area contributed by atoms with E-state index in [0.29, 0.717) is 18.8 Å². The fourth-order valence-electron chi connectivity index (χ4n) is 2.75. The monoisotopic (exact) mass is 307 g/mol. The smallest absolute Gasteiger partial charge is 0.252 e. The molecule has 1 aromatic heterocycles. The van der Waals surface area contributed by atoms with Crippen LogP contribution in [0.4, 0.5) is 5.82 Å². The highest BCUT2D eigenvalue weighted by Crippen LogP contribution is 2.12. The predicted molar refractivity (Wildman–Crippen MR) is 85.5 cm³/mol. The number of amides is 1. The van der Waals surface area contributed by atoms with E-state index in [9.17, 15) is 9.59 Å². The van der Waals surface area contributed by atoms with E-state index in [2.05, 4.69) is 20.2 Å². The first-order valence-corrected chi connectivity index (χ1v) is 7.94. The lowest BCUT2D eigenvalue weighted by Crippen LogP contribution is -2.46. The van der Waals surface area contributed by atoms with Crippen molar-refractivity contribution in [3.05, 3.63) is 22.2 Å². The Balaban J connectivity index is 1.80. The summed E-state index contributed by atoms with van der Waals surface area (Å²) >= 11 is 0. The van der Waals surface area contributed by atoms with Gasteiger partial charge in [-0.1, -0.05) is 12.8 Å². The number of aromatic nitrogens is 2. The molecule has 0 radical (unpaired) electrons. The van der Waals surface area contributed by atoms with E-state index < -0.39 is 0 Å². The van der Waals surface area contributed by atoms with Crippen LogP contribution in [-0.2, 0) is 11.2 Å². The molecular formula is C15H25N5O2. The van der Waals surface area contributed by atoms with Crippen molar-refractivity contribution in [1.29, 1.82) is 0 Å². The Bertz CT molecular complexity index is 549. The molecule has 0 saturated carbocycles. The van der Waals surface area contributed by atoms with Crippen molar-refractivity contribution < 1.29 is 4.79 Å². The predicted octanol–water partition coefficient (Wildman–Crippen LogP) is 0.275. The minimum absolute atomic E-state index is 0.0214. The quantitative estimate of drug-likeness (QED) is 0.724. The summed E-state index contributed by atoms with van der Waals surface area (Å²) in [4.78, 5) is 32.4. The largest absolute Gasteiger partial charge is 0.383 e. The Hall–Kier alpha value is -1.89. The molecule has 1 fully saturated rings. The molecule has 2 rings (SSSR count). The summed E-state index contributed by atoms with van der Waals surface area (Å²) in [6.45, 7) is 4.35. The second-order valence-electron chi connectivity index (χ2n) is 5.78. The number of anilines is 1. The summed E-state index contributed by atoms with van der Waals surface area (Å²) in [5, 5.41) is 2.90. The van der Waals surface area contributed by atoms with Crippen molar-refractivity contribution >= 4 is 11.7 Å². The molecule has 0 spiro atoms. The molecule has 2 heterocycles. The third-order valence-electron chi connectivity index (χ3n) is 4.04. The van der Waals surface area contributed by atoms with Crippen LogP contribution in [0.1, 0.15) is 38.4 Å². The van der Waals surface area contributed by atoms with E-state index >= 15 is 0 Å². The zero-order chi connectivity index (χ0) is 15.9. The number of carbonyl (C=O) groups is 1. The van der Waals surface area contributed by atoms with E-state index in [1.165, 1.54) is 18.9 Å². The van der Waals surface area contributed by atoms with Crippen molar-refractivity contribution in [3.8, 4) is 0 Å². The van der Waals surface area contributed by atoms with E-state index in [1.807, 2.05) is 6.92 Å². The number of nitrogens with zero attached hydrogens (tertiary/aromatic N) is 2. The van der Waals surface area contributed by atoms with Gasteiger partial charge in [-0.25, -0.2) is 4.98 Å². The van der Waals surface area contributed by atoms with Crippen LogP contribution in [0.5, 0.6) is 0 Å². The molecular weight excluding hydrogens is 282 g/mol. The average molecular weight is 307 g/mol. The summed E-state index contributed by atoms with van der Waals surface area (Å²) in [5.41, 5.74) is 5.25. The molecule has 0 aromatic carbocycles. The maximum Gasteiger partial charge on any atom is 0.252 e. The van der Waals surface area contributed by atoms with E-state index in [4.69, 9.17) is 5.73 Å². The van der Waals surface area contributed by atoms with Gasteiger partial charge >= 0.3 is 0 Å². The lowest BCUT2D eigenvalue weighted by atomic mass is 10.2. The van der Waals surface area contributed by atoms with Crippen LogP contribution >= 0.6 is 0 Å². The van der Waals surface area contributed by atoms with Crippen LogP contribution in [0.2, 0.25) is 0 Å². The third-order valence-corrected chi connectivity index (χ3v) is 4.04. The van der Waals surface area contributed by atoms with Gasteiger partial charge in [-0.15, -0.1) is 0 Å². The van der Waals surface area contributed by atoms with Crippen LogP contribution < -0.4 is 16.6 Å². The van der Waals surface area contributed by atoms with Gasteiger partial charge in [-0.2, -0.15) is 0 Å². The maximum absolute atomic E-state index is 12.2. The number of rotatable bonds is 5. The number of nitrogen functional groups attached to an aromatic ring is 1. The van der Waals surface area contributed by atoms with Gasteiger partial charge in [0.15, 0.2) is 0 Å². The summed E-state index contributed by atoms with van der Waals surface area (Å²) < 4.78 is 0. The molecule has 1 aliphatic rings. The second-order valence-corrected chi connectivity index (χ2v) is 5.78. The van der Waals surface area contributed by atoms with Gasteiger partial charge in [-0.05, 0) is 32.9 Å². The number of carbonyl (C=O) groups excluding carboxylic acids is 1. The highest BCUT2D eigenvalue weighted by Gasteiger charge is 2.21. The van der Waals surface area contributed by atoms with Crippen molar-refractivity contribution in [2.24, 2.45) is 0 Å². The SMILES string of the molecule is CC(C(=O)NCCc1nc(N)cc(=O)[nH]1)N1CCCCCC1. The molecule has 1 amide bonds. The topological polar surface area (TPSA) is 104 Å². The Kier molecular flexibility index (Phi) is 5.94. The molecule has 122 valence electrons. The van der Waals surface area contributed by atoms with Gasteiger partial charge in [0.1, 0.15) is 11.6 Å². The van der Waals surface area contributed by atoms with Crippen LogP contribution in [-0.4, -0.2) is 46.5 Å². The Morgan fingerprint density at radius 1 is 1.41 bits per heavy atom. The zero-order valence-electron chi connectivity index (χ0n) is 13.1. The Morgan fingerprint density at radius 2 is 2.09 bits per heavy atom. The van der Waals surface area contributed by atoms with Crippen LogP contribution in [0.25, 0.3) is 0 Å². The van der Waals surface area contributed by atoms with Crippen LogP contribution in [0, 0.1) is 0 Å². The van der Waals surface area contributed by atoms with E-state index in [-0.39, 0.29) is 23.3 Å². The molecule has 0 bridgehead atoms. The zero-order valence-corrected chi connectivity index (χ0v) is 13.1. The van der Waals surface area contributed by atoms with E-state index in [1.54, 1.807) is 0 Å². The maximum atomic E-state index is 12.2. The second kappa shape index (κ2) is 7.93. The fourth-order valence-corrected chi connectivity index (χ4v) is 2.75. The molecule has 4 N–H and O–H groups in total. The van der Waals surface area contributed by atoms with Gasteiger partial charge in [0.25, 0.3) is 5.56 Å². The first kappa shape index (κ1) is 16.5. The minimum Gasteiger partial charge on any atom is -0.383 e. The lowest BCUT2D eigenvalue weighted by Gasteiger charge is -2.26. The number of aromatic amines is 1. The number of hydrogen-bond acceptors (Lipinski definition) is 5. The molecule has 7 heteroatoms. The van der Waals surface area contributed by atoms with Crippen molar-refractivity contribution in [3.63, 3.8) is 0 Å². The first-order valence-electron chi connectivity index (χ1n) is 7.94. The number of likely N-dealkylation sites (tertiary alicyclic amines) is 1. The summed E-state index contributed by atoms with van der Waals surface area (Å²) in [7, 11) is 0. The standard InChI is InChI=1S/C15H25N5O2/c1-11(20-8-4-2-3-5-9-20)15(22)17-7-6-13-18-12(16)10-14(21)19-13/h10-11H,2-9H2,1H3,(H,17,22)(H3,16,18,19,21). The molecule has 1 saturated heterocycles. The van der Waals surface area contributed by atoms with Crippen molar-refractivity contribution in [2.45, 2.75) is 45.1 Å². The third kappa shape index (κ3) is 4.84. The summed E-state index contributed by atoms with van der Waals surface area (Å²) in [5.74, 6) is 0.712. The number of H-pyrrole nitrogens is 1. The normalized spacial score (nSPS) is 17.7. The van der Waals surface area contributed by atoms with Crippen molar-refractivity contribution in [1.82, 2.24) is 20.2 Å². The van der Waals surface area contributed by atoms with E-state index in [0.717, 1.165) is 25.9 Å². The summed E-state index contributed by atoms with van der Waals surface area (Å²) in [6.07, 6.45) is 5.27. The molecule has 1 atom stereocenters. The van der Waals surface area contributed by atoms with Gasteiger partial charge < -0.3 is 16.0 Å². The van der Waals surface area contributed by atoms with Gasteiger partial charge in [0.05, 0.1) is 6.04 Å². The molecule has 7 nitrogen and oxygen atoms in total. The van der Waals surface area contributed by atoms with Gasteiger partial charge in [-0.3, -0.25) is 14.5 Å². The fraction of sp³-hybridized carbons (Fsp3) is 0.667. The highest BCUT2D eigenvalue weighted by molar-refractivity contribution is 5.81.